The van der Waals surface area contributed by atoms with Crippen molar-refractivity contribution < 1.29 is 4.39 Å². The minimum absolute atomic E-state index is 0.0259. The van der Waals surface area contributed by atoms with Crippen LogP contribution in [0.1, 0.15) is 39.0 Å². The Kier molecular flexibility index (Phi) is 8.36. The third-order valence-corrected chi connectivity index (χ3v) is 1.89. The number of alkyl halides is 1. The standard InChI is InChI=1S/C9H16BrF/c1-2-3-4-5-6-9(11)7-8-10/h7H,2-6,8H2,1H3/b9-7-. The molecule has 0 rings (SSSR count). The van der Waals surface area contributed by atoms with Gasteiger partial charge in [-0.3, -0.25) is 0 Å². The molecule has 0 unspecified atom stereocenters. The van der Waals surface area contributed by atoms with Crippen LogP contribution in [0.5, 0.6) is 0 Å². The molecule has 66 valence electrons. The summed E-state index contributed by atoms with van der Waals surface area (Å²) in [6.45, 7) is 2.16. The highest BCUT2D eigenvalue weighted by molar-refractivity contribution is 9.09. The first-order chi connectivity index (χ1) is 5.31. The van der Waals surface area contributed by atoms with Crippen molar-refractivity contribution in [1.29, 1.82) is 0 Å². The number of rotatable bonds is 6. The van der Waals surface area contributed by atoms with Gasteiger partial charge in [0.25, 0.3) is 0 Å². The van der Waals surface area contributed by atoms with E-state index in [2.05, 4.69) is 22.9 Å². The van der Waals surface area contributed by atoms with Gasteiger partial charge in [0.1, 0.15) is 0 Å². The van der Waals surface area contributed by atoms with E-state index in [1.54, 1.807) is 6.08 Å². The SMILES string of the molecule is CCCCCC/C(F)=C/CBr. The normalized spacial score (nSPS) is 12.1. The number of halogens is 2. The van der Waals surface area contributed by atoms with Gasteiger partial charge in [0, 0.05) is 5.33 Å². The van der Waals surface area contributed by atoms with Crippen molar-refractivity contribution in [3.05, 3.63) is 11.9 Å². The minimum Gasteiger partial charge on any atom is -0.212 e. The van der Waals surface area contributed by atoms with E-state index in [0.29, 0.717) is 11.8 Å². The van der Waals surface area contributed by atoms with Crippen LogP contribution in [0.2, 0.25) is 0 Å². The van der Waals surface area contributed by atoms with E-state index in [0.717, 1.165) is 12.8 Å². The molecule has 0 atom stereocenters. The third-order valence-electron chi connectivity index (χ3n) is 1.57. The molecule has 0 saturated heterocycles. The molecule has 0 heterocycles. The van der Waals surface area contributed by atoms with Gasteiger partial charge < -0.3 is 0 Å². The quantitative estimate of drug-likeness (QED) is 0.467. The van der Waals surface area contributed by atoms with E-state index < -0.39 is 0 Å². The molecule has 11 heavy (non-hydrogen) atoms. The fourth-order valence-electron chi connectivity index (χ4n) is 0.906. The Morgan fingerprint density at radius 2 is 2.09 bits per heavy atom. The molecule has 0 nitrogen and oxygen atoms in total. The summed E-state index contributed by atoms with van der Waals surface area (Å²) >= 11 is 3.16. The summed E-state index contributed by atoms with van der Waals surface area (Å²) in [4.78, 5) is 0. The van der Waals surface area contributed by atoms with Gasteiger partial charge in [0.15, 0.2) is 0 Å². The molecule has 0 aliphatic heterocycles. The first kappa shape index (κ1) is 11.2. The molecule has 0 saturated carbocycles. The predicted octanol–water partition coefficient (Wildman–Crippen LogP) is 4.21. The summed E-state index contributed by atoms with van der Waals surface area (Å²) in [5, 5.41) is 0.632. The highest BCUT2D eigenvalue weighted by Gasteiger charge is 1.93. The Balaban J connectivity index is 3.17. The van der Waals surface area contributed by atoms with Crippen LogP contribution in [0.4, 0.5) is 4.39 Å². The van der Waals surface area contributed by atoms with E-state index in [9.17, 15) is 4.39 Å². The Morgan fingerprint density at radius 3 is 2.64 bits per heavy atom. The number of hydrogen-bond acceptors (Lipinski definition) is 0. The highest BCUT2D eigenvalue weighted by atomic mass is 79.9. The lowest BCUT2D eigenvalue weighted by Crippen LogP contribution is -1.79. The van der Waals surface area contributed by atoms with Gasteiger partial charge in [-0.2, -0.15) is 0 Å². The second-order valence-corrected chi connectivity index (χ2v) is 3.26. The number of allylic oxidation sites excluding steroid dienone is 2. The second-order valence-electron chi connectivity index (χ2n) is 2.62. The van der Waals surface area contributed by atoms with E-state index in [-0.39, 0.29) is 5.83 Å². The van der Waals surface area contributed by atoms with Crippen LogP contribution >= 0.6 is 15.9 Å². The highest BCUT2D eigenvalue weighted by Crippen LogP contribution is 2.11. The van der Waals surface area contributed by atoms with Crippen LogP contribution < -0.4 is 0 Å². The van der Waals surface area contributed by atoms with Gasteiger partial charge >= 0.3 is 0 Å². The lowest BCUT2D eigenvalue weighted by molar-refractivity contribution is 0.551. The molecular weight excluding hydrogens is 207 g/mol. The molecule has 0 aliphatic rings. The average molecular weight is 223 g/mol. The zero-order valence-electron chi connectivity index (χ0n) is 7.08. The van der Waals surface area contributed by atoms with E-state index >= 15 is 0 Å². The molecule has 0 N–H and O–H groups in total. The Bertz CT molecular complexity index is 110. The number of unbranched alkanes of at least 4 members (excludes halogenated alkanes) is 3. The van der Waals surface area contributed by atoms with Gasteiger partial charge in [-0.25, -0.2) is 4.39 Å². The van der Waals surface area contributed by atoms with Gasteiger partial charge in [-0.15, -0.1) is 0 Å². The van der Waals surface area contributed by atoms with E-state index in [4.69, 9.17) is 0 Å². The Morgan fingerprint density at radius 1 is 1.36 bits per heavy atom. The van der Waals surface area contributed by atoms with Gasteiger partial charge in [-0.1, -0.05) is 42.1 Å². The molecule has 0 aromatic carbocycles. The topological polar surface area (TPSA) is 0 Å². The molecule has 0 radical (unpaired) electrons. The van der Waals surface area contributed by atoms with Crippen LogP contribution in [-0.2, 0) is 0 Å². The van der Waals surface area contributed by atoms with E-state index in [1.807, 2.05) is 0 Å². The number of hydrogen-bond donors (Lipinski definition) is 0. The summed E-state index contributed by atoms with van der Waals surface area (Å²) in [6, 6.07) is 0. The lowest BCUT2D eigenvalue weighted by atomic mass is 10.1. The van der Waals surface area contributed by atoms with Crippen LogP contribution in [-0.4, -0.2) is 5.33 Å². The van der Waals surface area contributed by atoms with Gasteiger partial charge in [0.05, 0.1) is 5.83 Å². The largest absolute Gasteiger partial charge is 0.212 e. The summed E-state index contributed by atoms with van der Waals surface area (Å²) < 4.78 is 12.7. The van der Waals surface area contributed by atoms with Crippen molar-refractivity contribution in [3.8, 4) is 0 Å². The zero-order chi connectivity index (χ0) is 8.53. The van der Waals surface area contributed by atoms with Crippen molar-refractivity contribution in [2.75, 3.05) is 5.33 Å². The fraction of sp³-hybridized carbons (Fsp3) is 0.778. The molecule has 2 heteroatoms. The monoisotopic (exact) mass is 222 g/mol. The summed E-state index contributed by atoms with van der Waals surface area (Å²) in [5.74, 6) is 0.0259. The smallest absolute Gasteiger partial charge is 0.0968 e. The molecule has 0 aliphatic carbocycles. The van der Waals surface area contributed by atoms with Gasteiger partial charge in [0.2, 0.25) is 0 Å². The molecule has 0 bridgehead atoms. The molecule has 0 fully saturated rings. The molecule has 0 amide bonds. The maximum atomic E-state index is 12.7. The maximum Gasteiger partial charge on any atom is 0.0968 e. The van der Waals surface area contributed by atoms with Crippen molar-refractivity contribution in [1.82, 2.24) is 0 Å². The molecule has 0 aromatic rings. The average Bonchev–Trinajstić information content (AvgIpc) is 1.99. The van der Waals surface area contributed by atoms with Crippen molar-refractivity contribution in [2.24, 2.45) is 0 Å². The third kappa shape index (κ3) is 8.05. The second kappa shape index (κ2) is 8.25. The summed E-state index contributed by atoms with van der Waals surface area (Å²) in [5.41, 5.74) is 0. The first-order valence-electron chi connectivity index (χ1n) is 4.21. The van der Waals surface area contributed by atoms with E-state index in [1.165, 1.54) is 12.8 Å². The minimum atomic E-state index is 0.0259. The van der Waals surface area contributed by atoms with Crippen LogP contribution in [0.15, 0.2) is 11.9 Å². The maximum absolute atomic E-state index is 12.7. The van der Waals surface area contributed by atoms with Crippen molar-refractivity contribution in [2.45, 2.75) is 39.0 Å². The van der Waals surface area contributed by atoms with Crippen LogP contribution in [0.3, 0.4) is 0 Å². The molecular formula is C9H16BrF. The van der Waals surface area contributed by atoms with Crippen LogP contribution in [0, 0.1) is 0 Å². The van der Waals surface area contributed by atoms with Gasteiger partial charge in [-0.05, 0) is 18.9 Å². The van der Waals surface area contributed by atoms with Crippen molar-refractivity contribution >= 4 is 15.9 Å². The first-order valence-corrected chi connectivity index (χ1v) is 5.34. The lowest BCUT2D eigenvalue weighted by Gasteiger charge is -1.96. The Hall–Kier alpha value is 0.150. The summed E-state index contributed by atoms with van der Waals surface area (Å²) in [7, 11) is 0. The predicted molar refractivity (Wildman–Crippen MR) is 51.7 cm³/mol. The summed E-state index contributed by atoms with van der Waals surface area (Å²) in [6.07, 6.45) is 6.78. The van der Waals surface area contributed by atoms with Crippen LogP contribution in [0.25, 0.3) is 0 Å². The molecule has 0 aromatic heterocycles. The molecule has 0 spiro atoms. The van der Waals surface area contributed by atoms with Crippen molar-refractivity contribution in [3.63, 3.8) is 0 Å². The fourth-order valence-corrected chi connectivity index (χ4v) is 1.26. The Labute approximate surface area is 77.0 Å². The zero-order valence-corrected chi connectivity index (χ0v) is 8.66.